The van der Waals surface area contributed by atoms with Crippen LogP contribution in [0.15, 0.2) is 18.3 Å². The average molecular weight is 311 g/mol. The van der Waals surface area contributed by atoms with Crippen LogP contribution in [-0.4, -0.2) is 56.3 Å². The van der Waals surface area contributed by atoms with Gasteiger partial charge < -0.3 is 9.64 Å². The van der Waals surface area contributed by atoms with Crippen LogP contribution in [0, 0.1) is 0 Å². The van der Waals surface area contributed by atoms with Crippen LogP contribution in [0.5, 0.6) is 5.88 Å². The first-order valence-electron chi connectivity index (χ1n) is 7.41. The number of pyridine rings is 1. The molecule has 0 N–H and O–H groups in total. The van der Waals surface area contributed by atoms with Gasteiger partial charge in [-0.1, -0.05) is 0 Å². The van der Waals surface area contributed by atoms with Crippen LogP contribution in [0.1, 0.15) is 19.8 Å². The van der Waals surface area contributed by atoms with E-state index in [0.717, 1.165) is 13.1 Å². The third kappa shape index (κ3) is 3.13. The van der Waals surface area contributed by atoms with Crippen LogP contribution < -0.4 is 9.04 Å². The van der Waals surface area contributed by atoms with Gasteiger partial charge in [-0.15, -0.1) is 0 Å². The van der Waals surface area contributed by atoms with Crippen molar-refractivity contribution in [3.8, 4) is 5.88 Å². The molecule has 1 aromatic heterocycles. The maximum absolute atomic E-state index is 12.7. The zero-order chi connectivity index (χ0) is 14.9. The van der Waals surface area contributed by atoms with E-state index in [2.05, 4.69) is 9.88 Å². The number of likely N-dealkylation sites (tertiary alicyclic amines) is 1. The molecule has 7 heteroatoms. The van der Waals surface area contributed by atoms with Gasteiger partial charge in [0.15, 0.2) is 0 Å². The van der Waals surface area contributed by atoms with E-state index < -0.39 is 10.0 Å². The molecule has 3 heterocycles. The summed E-state index contributed by atoms with van der Waals surface area (Å²) in [6.07, 6.45) is 3.77. The number of hydrogen-bond acceptors (Lipinski definition) is 5. The van der Waals surface area contributed by atoms with Gasteiger partial charge in [-0.2, -0.15) is 0 Å². The molecule has 21 heavy (non-hydrogen) atoms. The van der Waals surface area contributed by atoms with E-state index in [4.69, 9.17) is 4.74 Å². The normalized spacial score (nSPS) is 22.9. The first kappa shape index (κ1) is 14.6. The smallest absolute Gasteiger partial charge is 0.238 e. The Balaban J connectivity index is 1.78. The van der Waals surface area contributed by atoms with E-state index in [0.29, 0.717) is 24.7 Å². The molecule has 0 unspecified atom stereocenters. The van der Waals surface area contributed by atoms with Gasteiger partial charge in [0, 0.05) is 12.7 Å². The Labute approximate surface area is 125 Å². The summed E-state index contributed by atoms with van der Waals surface area (Å²) in [6.45, 7) is 4.83. The van der Waals surface area contributed by atoms with Gasteiger partial charge >= 0.3 is 0 Å². The Morgan fingerprint density at radius 2 is 2.14 bits per heavy atom. The molecule has 0 bridgehead atoms. The largest absolute Gasteiger partial charge is 0.471 e. The first-order valence-corrected chi connectivity index (χ1v) is 9.01. The third-order valence-corrected chi connectivity index (χ3v) is 5.67. The molecule has 0 amide bonds. The van der Waals surface area contributed by atoms with E-state index in [1.807, 2.05) is 6.92 Å². The summed E-state index contributed by atoms with van der Waals surface area (Å²) in [4.78, 5) is 6.35. The minimum Gasteiger partial charge on any atom is -0.471 e. The summed E-state index contributed by atoms with van der Waals surface area (Å²) < 4.78 is 32.4. The second-order valence-electron chi connectivity index (χ2n) is 5.65. The summed E-state index contributed by atoms with van der Waals surface area (Å²) >= 11 is 0. The Morgan fingerprint density at radius 1 is 1.38 bits per heavy atom. The molecular weight excluding hydrogens is 290 g/mol. The van der Waals surface area contributed by atoms with Crippen LogP contribution in [-0.2, 0) is 10.0 Å². The second kappa shape index (κ2) is 5.81. The Hall–Kier alpha value is -1.34. The zero-order valence-corrected chi connectivity index (χ0v) is 13.1. The lowest BCUT2D eigenvalue weighted by molar-refractivity contribution is 0.210. The van der Waals surface area contributed by atoms with E-state index in [9.17, 15) is 8.42 Å². The number of nitrogens with zero attached hydrogens (tertiary/aromatic N) is 3. The molecule has 1 saturated heterocycles. The lowest BCUT2D eigenvalue weighted by Gasteiger charge is -2.33. The number of aromatic nitrogens is 1. The van der Waals surface area contributed by atoms with E-state index in [-0.39, 0.29) is 11.9 Å². The fourth-order valence-electron chi connectivity index (χ4n) is 2.85. The molecule has 0 aromatic carbocycles. The third-order valence-electron chi connectivity index (χ3n) is 3.96. The van der Waals surface area contributed by atoms with Gasteiger partial charge in [-0.05, 0) is 45.0 Å². The lowest BCUT2D eigenvalue weighted by Crippen LogP contribution is -2.45. The highest BCUT2D eigenvalue weighted by atomic mass is 32.2. The van der Waals surface area contributed by atoms with Crippen molar-refractivity contribution in [3.63, 3.8) is 0 Å². The highest BCUT2D eigenvalue weighted by Gasteiger charge is 2.32. The number of hydrogen-bond donors (Lipinski definition) is 0. The maximum Gasteiger partial charge on any atom is 0.238 e. The minimum atomic E-state index is -3.35. The van der Waals surface area contributed by atoms with Gasteiger partial charge in [0.1, 0.15) is 11.8 Å². The van der Waals surface area contributed by atoms with Gasteiger partial charge in [0.05, 0.1) is 12.3 Å². The van der Waals surface area contributed by atoms with Crippen molar-refractivity contribution in [1.29, 1.82) is 0 Å². The standard InChI is InChI=1S/C14H21N3O3S/c1-12-11-17(13-5-4-6-15-14(13)20-12)21(18,19)10-9-16-7-2-3-8-16/h4-6,12H,2-3,7-11H2,1H3/t12-/m0/s1. The molecular formula is C14H21N3O3S. The van der Waals surface area contributed by atoms with Gasteiger partial charge in [0.2, 0.25) is 15.9 Å². The molecule has 116 valence electrons. The van der Waals surface area contributed by atoms with Crippen molar-refractivity contribution in [3.05, 3.63) is 18.3 Å². The minimum absolute atomic E-state index is 0.147. The van der Waals surface area contributed by atoms with Gasteiger partial charge in [0.25, 0.3) is 0 Å². The quantitative estimate of drug-likeness (QED) is 0.833. The van der Waals surface area contributed by atoms with Gasteiger partial charge in [-0.3, -0.25) is 4.31 Å². The summed E-state index contributed by atoms with van der Waals surface area (Å²) in [7, 11) is -3.35. The van der Waals surface area contributed by atoms with Gasteiger partial charge in [-0.25, -0.2) is 13.4 Å². The van der Waals surface area contributed by atoms with Crippen molar-refractivity contribution in [2.24, 2.45) is 0 Å². The molecule has 0 spiro atoms. The second-order valence-corrected chi connectivity index (χ2v) is 7.66. The van der Waals surface area contributed by atoms with E-state index >= 15 is 0 Å². The Morgan fingerprint density at radius 3 is 2.90 bits per heavy atom. The average Bonchev–Trinajstić information content (AvgIpc) is 2.97. The van der Waals surface area contributed by atoms with Crippen molar-refractivity contribution in [1.82, 2.24) is 9.88 Å². The fourth-order valence-corrected chi connectivity index (χ4v) is 4.43. The molecule has 6 nitrogen and oxygen atoms in total. The van der Waals surface area contributed by atoms with Crippen molar-refractivity contribution in [2.45, 2.75) is 25.9 Å². The Kier molecular flexibility index (Phi) is 4.03. The molecule has 1 atom stereocenters. The first-order chi connectivity index (χ1) is 10.1. The van der Waals surface area contributed by atoms with Crippen LogP contribution in [0.25, 0.3) is 0 Å². The van der Waals surface area contributed by atoms with Crippen molar-refractivity contribution in [2.75, 3.05) is 36.2 Å². The topological polar surface area (TPSA) is 62.7 Å². The summed E-state index contributed by atoms with van der Waals surface area (Å²) in [5, 5.41) is 0. The lowest BCUT2D eigenvalue weighted by atomic mass is 10.3. The van der Waals surface area contributed by atoms with Crippen LogP contribution >= 0.6 is 0 Å². The van der Waals surface area contributed by atoms with Crippen molar-refractivity contribution >= 4 is 15.7 Å². The molecule has 0 radical (unpaired) electrons. The Bertz CT molecular complexity index is 599. The van der Waals surface area contributed by atoms with Crippen LogP contribution in [0.4, 0.5) is 5.69 Å². The summed E-state index contributed by atoms with van der Waals surface area (Å²) in [5.74, 6) is 0.551. The molecule has 0 saturated carbocycles. The zero-order valence-electron chi connectivity index (χ0n) is 12.2. The molecule has 1 aromatic rings. The predicted molar refractivity (Wildman–Crippen MR) is 81.1 cm³/mol. The number of fused-ring (bicyclic) bond motifs is 1. The predicted octanol–water partition coefficient (Wildman–Crippen LogP) is 1.09. The monoisotopic (exact) mass is 311 g/mol. The number of sulfonamides is 1. The number of ether oxygens (including phenoxy) is 1. The molecule has 3 rings (SSSR count). The molecule has 1 fully saturated rings. The SMILES string of the molecule is C[C@H]1CN(S(=O)(=O)CCN2CCCC2)c2cccnc2O1. The maximum atomic E-state index is 12.7. The highest BCUT2D eigenvalue weighted by Crippen LogP contribution is 2.32. The number of anilines is 1. The van der Waals surface area contributed by atoms with Crippen molar-refractivity contribution < 1.29 is 13.2 Å². The fraction of sp³-hybridized carbons (Fsp3) is 0.643. The summed E-state index contributed by atoms with van der Waals surface area (Å²) in [5.41, 5.74) is 0.553. The molecule has 2 aliphatic rings. The van der Waals surface area contributed by atoms with E-state index in [1.54, 1.807) is 18.3 Å². The highest BCUT2D eigenvalue weighted by molar-refractivity contribution is 7.92. The molecule has 2 aliphatic heterocycles. The van der Waals surface area contributed by atoms with Crippen LogP contribution in [0.2, 0.25) is 0 Å². The number of rotatable bonds is 4. The van der Waals surface area contributed by atoms with E-state index in [1.165, 1.54) is 17.1 Å². The molecule has 0 aliphatic carbocycles. The van der Waals surface area contributed by atoms with Crippen LogP contribution in [0.3, 0.4) is 0 Å². The summed E-state index contributed by atoms with van der Waals surface area (Å²) in [6, 6.07) is 3.49.